The van der Waals surface area contributed by atoms with Crippen LogP contribution in [-0.2, 0) is 9.53 Å². The van der Waals surface area contributed by atoms with Gasteiger partial charge in [-0.3, -0.25) is 0 Å². The minimum absolute atomic E-state index is 0.101. The molecule has 0 spiro atoms. The first-order chi connectivity index (χ1) is 15.5. The molecule has 2 heterocycles. The van der Waals surface area contributed by atoms with E-state index in [1.807, 2.05) is 42.5 Å². The highest BCUT2D eigenvalue weighted by atomic mass is 79.9. The van der Waals surface area contributed by atoms with Crippen LogP contribution in [0.3, 0.4) is 0 Å². The second kappa shape index (κ2) is 8.12. The van der Waals surface area contributed by atoms with Crippen molar-refractivity contribution in [3.63, 3.8) is 0 Å². The SMILES string of the molecule is O=C(NC(C(=O)O)c1cn2ccc(Br)cc2n1)OCC1c2ccccc2-c2ccccc21. The van der Waals surface area contributed by atoms with Crippen molar-refractivity contribution in [2.45, 2.75) is 12.0 Å². The van der Waals surface area contributed by atoms with E-state index >= 15 is 0 Å². The van der Waals surface area contributed by atoms with Crippen molar-refractivity contribution in [1.29, 1.82) is 0 Å². The van der Waals surface area contributed by atoms with E-state index in [9.17, 15) is 14.7 Å². The Balaban J connectivity index is 1.33. The van der Waals surface area contributed by atoms with E-state index in [1.165, 1.54) is 0 Å². The summed E-state index contributed by atoms with van der Waals surface area (Å²) in [6.45, 7) is 0.101. The predicted octanol–water partition coefficient (Wildman–Crippen LogP) is 4.76. The van der Waals surface area contributed by atoms with E-state index in [0.717, 1.165) is 26.7 Å². The zero-order chi connectivity index (χ0) is 22.2. The van der Waals surface area contributed by atoms with E-state index in [4.69, 9.17) is 4.74 Å². The van der Waals surface area contributed by atoms with Gasteiger partial charge in [0, 0.05) is 22.8 Å². The highest BCUT2D eigenvalue weighted by Crippen LogP contribution is 2.44. The fraction of sp³-hybridized carbons (Fsp3) is 0.125. The summed E-state index contributed by atoms with van der Waals surface area (Å²) < 4.78 is 7.99. The molecular formula is C24H18BrN3O4. The van der Waals surface area contributed by atoms with E-state index < -0.39 is 18.1 Å². The molecule has 0 radical (unpaired) electrons. The number of carbonyl (C=O) groups is 2. The van der Waals surface area contributed by atoms with Gasteiger partial charge >= 0.3 is 12.1 Å². The monoisotopic (exact) mass is 491 g/mol. The zero-order valence-corrected chi connectivity index (χ0v) is 18.3. The van der Waals surface area contributed by atoms with E-state index in [0.29, 0.717) is 5.65 Å². The third-order valence-corrected chi connectivity index (χ3v) is 6.08. The predicted molar refractivity (Wildman–Crippen MR) is 121 cm³/mol. The van der Waals surface area contributed by atoms with Crippen LogP contribution in [-0.4, -0.2) is 33.2 Å². The van der Waals surface area contributed by atoms with Crippen molar-refractivity contribution in [2.75, 3.05) is 6.61 Å². The van der Waals surface area contributed by atoms with Crippen molar-refractivity contribution in [1.82, 2.24) is 14.7 Å². The average molecular weight is 492 g/mol. The van der Waals surface area contributed by atoms with Crippen molar-refractivity contribution in [3.05, 3.63) is 94.4 Å². The molecule has 7 nitrogen and oxygen atoms in total. The number of rotatable bonds is 5. The third-order valence-electron chi connectivity index (χ3n) is 5.59. The summed E-state index contributed by atoms with van der Waals surface area (Å²) in [6.07, 6.45) is 2.52. The summed E-state index contributed by atoms with van der Waals surface area (Å²) in [7, 11) is 0. The number of fused-ring (bicyclic) bond motifs is 4. The number of benzene rings is 2. The van der Waals surface area contributed by atoms with Gasteiger partial charge in [0.1, 0.15) is 12.3 Å². The molecule has 32 heavy (non-hydrogen) atoms. The van der Waals surface area contributed by atoms with Crippen LogP contribution in [0.15, 0.2) is 77.5 Å². The summed E-state index contributed by atoms with van der Waals surface area (Å²) in [6, 6.07) is 18.3. The first-order valence-electron chi connectivity index (χ1n) is 10.00. The second-order valence-corrected chi connectivity index (χ2v) is 8.43. The maximum atomic E-state index is 12.5. The molecule has 1 aliphatic rings. The minimum atomic E-state index is -1.33. The number of hydrogen-bond acceptors (Lipinski definition) is 4. The average Bonchev–Trinajstić information content (AvgIpc) is 3.34. The van der Waals surface area contributed by atoms with Gasteiger partial charge in [0.15, 0.2) is 6.04 Å². The smallest absolute Gasteiger partial charge is 0.408 e. The number of alkyl carbamates (subject to hydrolysis) is 1. The molecule has 0 fully saturated rings. The molecule has 4 aromatic rings. The number of carboxylic acid groups (broad SMARTS) is 1. The topological polar surface area (TPSA) is 92.9 Å². The molecule has 0 aliphatic heterocycles. The molecular weight excluding hydrogens is 474 g/mol. The van der Waals surface area contributed by atoms with Crippen molar-refractivity contribution in [2.24, 2.45) is 0 Å². The number of aromatic nitrogens is 2. The molecule has 0 bridgehead atoms. The lowest BCUT2D eigenvalue weighted by Gasteiger charge is -2.16. The van der Waals surface area contributed by atoms with E-state index in [1.54, 1.807) is 22.9 Å². The molecule has 1 atom stereocenters. The molecule has 5 rings (SSSR count). The van der Waals surface area contributed by atoms with Gasteiger partial charge in [0.2, 0.25) is 0 Å². The summed E-state index contributed by atoms with van der Waals surface area (Å²) in [5, 5.41) is 12.1. The lowest BCUT2D eigenvalue weighted by molar-refractivity contribution is -0.139. The fourth-order valence-electron chi connectivity index (χ4n) is 4.14. The zero-order valence-electron chi connectivity index (χ0n) is 16.7. The highest BCUT2D eigenvalue weighted by Gasteiger charge is 2.30. The number of carbonyl (C=O) groups excluding carboxylic acids is 1. The summed E-state index contributed by atoms with van der Waals surface area (Å²) >= 11 is 3.36. The molecule has 160 valence electrons. The molecule has 1 aliphatic carbocycles. The van der Waals surface area contributed by atoms with Gasteiger partial charge in [-0.05, 0) is 34.4 Å². The largest absolute Gasteiger partial charge is 0.479 e. The van der Waals surface area contributed by atoms with Gasteiger partial charge < -0.3 is 19.6 Å². The van der Waals surface area contributed by atoms with Crippen molar-refractivity contribution < 1.29 is 19.4 Å². The summed E-state index contributed by atoms with van der Waals surface area (Å²) in [4.78, 5) is 28.7. The second-order valence-electron chi connectivity index (χ2n) is 7.52. The van der Waals surface area contributed by atoms with Gasteiger partial charge in [-0.1, -0.05) is 64.5 Å². The molecule has 0 saturated carbocycles. The molecule has 1 amide bonds. The maximum Gasteiger partial charge on any atom is 0.408 e. The number of carboxylic acids is 1. The molecule has 2 aromatic carbocycles. The fourth-order valence-corrected chi connectivity index (χ4v) is 4.46. The Morgan fingerprint density at radius 2 is 1.75 bits per heavy atom. The molecule has 1 unspecified atom stereocenters. The van der Waals surface area contributed by atoms with Gasteiger partial charge in [0.25, 0.3) is 0 Å². The number of ether oxygens (including phenoxy) is 1. The number of nitrogens with one attached hydrogen (secondary N) is 1. The number of pyridine rings is 1. The number of halogens is 1. The van der Waals surface area contributed by atoms with Crippen molar-refractivity contribution >= 4 is 33.6 Å². The maximum absolute atomic E-state index is 12.5. The Morgan fingerprint density at radius 1 is 1.09 bits per heavy atom. The van der Waals surface area contributed by atoms with Crippen LogP contribution in [0.5, 0.6) is 0 Å². The molecule has 0 saturated heterocycles. The highest BCUT2D eigenvalue weighted by molar-refractivity contribution is 9.10. The Labute approximate surface area is 191 Å². The van der Waals surface area contributed by atoms with E-state index in [-0.39, 0.29) is 18.2 Å². The van der Waals surface area contributed by atoms with Gasteiger partial charge in [-0.15, -0.1) is 0 Å². The first-order valence-corrected chi connectivity index (χ1v) is 10.8. The molecule has 8 heteroatoms. The van der Waals surface area contributed by atoms with Crippen molar-refractivity contribution in [3.8, 4) is 11.1 Å². The number of imidazole rings is 1. The van der Waals surface area contributed by atoms with Crippen LogP contribution < -0.4 is 5.32 Å². The van der Waals surface area contributed by atoms with Crippen LogP contribution in [0.25, 0.3) is 16.8 Å². The van der Waals surface area contributed by atoms with Crippen LogP contribution in [0.2, 0.25) is 0 Å². The Kier molecular flexibility index (Phi) is 5.14. The number of nitrogens with zero attached hydrogens (tertiary/aromatic N) is 2. The third kappa shape index (κ3) is 3.62. The minimum Gasteiger partial charge on any atom is -0.479 e. The Hall–Kier alpha value is -3.65. The Morgan fingerprint density at radius 3 is 2.41 bits per heavy atom. The standard InChI is InChI=1S/C24H18BrN3O4/c25-14-9-10-28-12-20(26-21(28)11-14)22(23(29)30)27-24(31)32-13-19-17-7-3-1-5-15(17)16-6-2-4-8-18(16)19/h1-12,19,22H,13H2,(H,27,31)(H,29,30). The van der Waals surface area contributed by atoms with Crippen LogP contribution in [0.4, 0.5) is 4.79 Å². The number of hydrogen-bond donors (Lipinski definition) is 2. The lowest BCUT2D eigenvalue weighted by atomic mass is 9.98. The quantitative estimate of drug-likeness (QED) is 0.419. The first kappa shape index (κ1) is 20.3. The molecule has 2 N–H and O–H groups in total. The lowest BCUT2D eigenvalue weighted by Crippen LogP contribution is -2.35. The summed E-state index contributed by atoms with van der Waals surface area (Å²) in [5.41, 5.74) is 5.19. The Bertz CT molecular complexity index is 1300. The summed E-state index contributed by atoms with van der Waals surface area (Å²) in [5.74, 6) is -1.33. The van der Waals surface area contributed by atoms with Gasteiger partial charge in [0.05, 0.1) is 5.69 Å². The molecule has 2 aromatic heterocycles. The number of aliphatic carboxylic acids is 1. The van der Waals surface area contributed by atoms with Gasteiger partial charge in [-0.25, -0.2) is 14.6 Å². The normalized spacial score (nSPS) is 13.4. The van der Waals surface area contributed by atoms with Crippen LogP contribution in [0, 0.1) is 0 Å². The van der Waals surface area contributed by atoms with E-state index in [2.05, 4.69) is 38.4 Å². The van der Waals surface area contributed by atoms with Crippen LogP contribution in [0.1, 0.15) is 28.8 Å². The van der Waals surface area contributed by atoms with Gasteiger partial charge in [-0.2, -0.15) is 0 Å². The van der Waals surface area contributed by atoms with Crippen LogP contribution >= 0.6 is 15.9 Å². The number of amides is 1.